The van der Waals surface area contributed by atoms with Gasteiger partial charge in [0.1, 0.15) is 11.5 Å². The Morgan fingerprint density at radius 2 is 2.33 bits per heavy atom. The Bertz CT molecular complexity index is 353. The molecule has 2 heterocycles. The molecule has 0 aromatic carbocycles. The van der Waals surface area contributed by atoms with E-state index in [1.807, 2.05) is 19.1 Å². The first-order chi connectivity index (χ1) is 5.75. The number of nitrogens with one attached hydrogen (secondary N) is 1. The summed E-state index contributed by atoms with van der Waals surface area (Å²) in [4.78, 5) is 7.02. The van der Waals surface area contributed by atoms with Crippen LogP contribution in [0.15, 0.2) is 27.5 Å². The molecule has 0 aliphatic carbocycles. The third-order valence-corrected chi connectivity index (χ3v) is 1.95. The second-order valence-electron chi connectivity index (χ2n) is 2.50. The summed E-state index contributed by atoms with van der Waals surface area (Å²) in [5.74, 6) is 1.71. The van der Waals surface area contributed by atoms with Crippen LogP contribution >= 0.6 is 15.9 Å². The zero-order valence-corrected chi connectivity index (χ0v) is 8.05. The van der Waals surface area contributed by atoms with E-state index < -0.39 is 0 Å². The van der Waals surface area contributed by atoms with E-state index in [0.717, 1.165) is 17.2 Å². The smallest absolute Gasteiger partial charge is 0.174 e. The molecule has 2 aromatic heterocycles. The largest absolute Gasteiger partial charge is 0.460 e. The predicted molar refractivity (Wildman–Crippen MR) is 48.7 cm³/mol. The fraction of sp³-hybridized carbons (Fsp3) is 0.125. The lowest BCUT2D eigenvalue weighted by Gasteiger charge is -1.88. The number of imidazole rings is 1. The lowest BCUT2D eigenvalue weighted by molar-refractivity contribution is 0.546. The fourth-order valence-corrected chi connectivity index (χ4v) is 1.32. The summed E-state index contributed by atoms with van der Waals surface area (Å²) >= 11 is 3.23. The van der Waals surface area contributed by atoms with Crippen LogP contribution in [0.25, 0.3) is 11.5 Å². The van der Waals surface area contributed by atoms with Gasteiger partial charge in [-0.05, 0) is 35.0 Å². The first-order valence-electron chi connectivity index (χ1n) is 3.53. The monoisotopic (exact) mass is 226 g/mol. The molecule has 0 atom stereocenters. The minimum Gasteiger partial charge on any atom is -0.460 e. The minimum atomic E-state index is 0.714. The molecule has 12 heavy (non-hydrogen) atoms. The van der Waals surface area contributed by atoms with E-state index in [0.29, 0.717) is 4.73 Å². The fourth-order valence-electron chi connectivity index (χ4n) is 1.00. The van der Waals surface area contributed by atoms with Gasteiger partial charge in [0.15, 0.2) is 10.5 Å². The lowest BCUT2D eigenvalue weighted by Crippen LogP contribution is -1.70. The van der Waals surface area contributed by atoms with Crippen LogP contribution in [0, 0.1) is 6.92 Å². The number of H-pyrrole nitrogens is 1. The molecule has 62 valence electrons. The highest BCUT2D eigenvalue weighted by Crippen LogP contribution is 2.20. The van der Waals surface area contributed by atoms with Crippen molar-refractivity contribution >= 4 is 15.9 Å². The van der Waals surface area contributed by atoms with Gasteiger partial charge in [-0.2, -0.15) is 0 Å². The number of rotatable bonds is 1. The number of hydrogen-bond donors (Lipinski definition) is 1. The van der Waals surface area contributed by atoms with Gasteiger partial charge in [0, 0.05) is 0 Å². The predicted octanol–water partition coefficient (Wildman–Crippen LogP) is 2.74. The summed E-state index contributed by atoms with van der Waals surface area (Å²) in [5, 5.41) is 0. The van der Waals surface area contributed by atoms with Gasteiger partial charge in [-0.3, -0.25) is 0 Å². The molecule has 1 N–H and O–H groups in total. The molecule has 0 radical (unpaired) electrons. The van der Waals surface area contributed by atoms with Crippen molar-refractivity contribution in [3.8, 4) is 11.5 Å². The highest BCUT2D eigenvalue weighted by atomic mass is 79.9. The van der Waals surface area contributed by atoms with Crippen molar-refractivity contribution in [2.24, 2.45) is 0 Å². The average Bonchev–Trinajstić information content (AvgIpc) is 2.58. The van der Waals surface area contributed by atoms with Crippen LogP contribution in [-0.4, -0.2) is 9.97 Å². The van der Waals surface area contributed by atoms with Crippen molar-refractivity contribution in [3.63, 3.8) is 0 Å². The molecule has 2 rings (SSSR count). The number of nitrogens with zero attached hydrogens (tertiary/aromatic N) is 1. The maximum absolute atomic E-state index is 5.39. The summed E-state index contributed by atoms with van der Waals surface area (Å²) in [5.41, 5.74) is 0.884. The van der Waals surface area contributed by atoms with E-state index in [2.05, 4.69) is 25.9 Å². The average molecular weight is 227 g/mol. The topological polar surface area (TPSA) is 41.8 Å². The van der Waals surface area contributed by atoms with E-state index in [4.69, 9.17) is 4.42 Å². The maximum Gasteiger partial charge on any atom is 0.174 e. The van der Waals surface area contributed by atoms with Gasteiger partial charge in [0.05, 0.1) is 6.20 Å². The van der Waals surface area contributed by atoms with Gasteiger partial charge in [-0.15, -0.1) is 0 Å². The van der Waals surface area contributed by atoms with Crippen molar-refractivity contribution in [3.05, 3.63) is 28.8 Å². The SMILES string of the molecule is Cc1ccc(-c2cnc(Br)[nH]2)o1. The third-order valence-electron chi connectivity index (χ3n) is 1.55. The minimum absolute atomic E-state index is 0.714. The summed E-state index contributed by atoms with van der Waals surface area (Å²) < 4.78 is 6.11. The summed E-state index contributed by atoms with van der Waals surface area (Å²) in [6.07, 6.45) is 1.72. The van der Waals surface area contributed by atoms with Crippen molar-refractivity contribution in [2.45, 2.75) is 6.92 Å². The molecule has 0 spiro atoms. The standard InChI is InChI=1S/C8H7BrN2O/c1-5-2-3-7(12-5)6-4-10-8(9)11-6/h2-4H,1H3,(H,10,11). The quantitative estimate of drug-likeness (QED) is 0.813. The Morgan fingerprint density at radius 1 is 1.50 bits per heavy atom. The van der Waals surface area contributed by atoms with Crippen molar-refractivity contribution in [2.75, 3.05) is 0 Å². The number of furan rings is 1. The molecule has 2 aromatic rings. The van der Waals surface area contributed by atoms with Gasteiger partial charge in [0.2, 0.25) is 0 Å². The number of aryl methyl sites for hydroxylation is 1. The third kappa shape index (κ3) is 1.30. The maximum atomic E-state index is 5.39. The Labute approximate surface area is 77.9 Å². The Hall–Kier alpha value is -1.03. The van der Waals surface area contributed by atoms with Gasteiger partial charge in [-0.1, -0.05) is 0 Å². The zero-order chi connectivity index (χ0) is 8.55. The highest BCUT2D eigenvalue weighted by Gasteiger charge is 2.04. The molecular weight excluding hydrogens is 220 g/mol. The molecular formula is C8H7BrN2O. The van der Waals surface area contributed by atoms with E-state index >= 15 is 0 Å². The molecule has 0 aliphatic heterocycles. The van der Waals surface area contributed by atoms with Crippen LogP contribution in [0.1, 0.15) is 5.76 Å². The highest BCUT2D eigenvalue weighted by molar-refractivity contribution is 9.10. The zero-order valence-electron chi connectivity index (χ0n) is 6.47. The number of aromatic nitrogens is 2. The van der Waals surface area contributed by atoms with Gasteiger partial charge >= 0.3 is 0 Å². The van der Waals surface area contributed by atoms with E-state index in [-0.39, 0.29) is 0 Å². The van der Waals surface area contributed by atoms with Gasteiger partial charge in [0.25, 0.3) is 0 Å². The summed E-state index contributed by atoms with van der Waals surface area (Å²) in [6.45, 7) is 1.91. The number of aromatic amines is 1. The van der Waals surface area contributed by atoms with Crippen LogP contribution in [0.2, 0.25) is 0 Å². The Balaban J connectivity index is 2.43. The Morgan fingerprint density at radius 3 is 2.83 bits per heavy atom. The molecule has 0 saturated carbocycles. The molecule has 0 aliphatic rings. The number of halogens is 1. The first kappa shape index (κ1) is 7.61. The molecule has 3 nitrogen and oxygen atoms in total. The molecule has 0 amide bonds. The van der Waals surface area contributed by atoms with Gasteiger partial charge in [-0.25, -0.2) is 4.98 Å². The van der Waals surface area contributed by atoms with Crippen LogP contribution in [0.3, 0.4) is 0 Å². The molecule has 0 fully saturated rings. The van der Waals surface area contributed by atoms with Crippen LogP contribution in [0.4, 0.5) is 0 Å². The molecule has 0 unspecified atom stereocenters. The Kier molecular flexibility index (Phi) is 1.77. The summed E-state index contributed by atoms with van der Waals surface area (Å²) in [6, 6.07) is 3.83. The van der Waals surface area contributed by atoms with Crippen LogP contribution in [-0.2, 0) is 0 Å². The second kappa shape index (κ2) is 2.79. The molecule has 0 bridgehead atoms. The van der Waals surface area contributed by atoms with Gasteiger partial charge < -0.3 is 9.40 Å². The number of hydrogen-bond acceptors (Lipinski definition) is 2. The first-order valence-corrected chi connectivity index (χ1v) is 4.32. The van der Waals surface area contributed by atoms with Crippen molar-refractivity contribution in [1.82, 2.24) is 9.97 Å². The van der Waals surface area contributed by atoms with E-state index in [9.17, 15) is 0 Å². The summed E-state index contributed by atoms with van der Waals surface area (Å²) in [7, 11) is 0. The van der Waals surface area contributed by atoms with Crippen molar-refractivity contribution < 1.29 is 4.42 Å². The molecule has 4 heteroatoms. The second-order valence-corrected chi connectivity index (χ2v) is 3.25. The normalized spacial score (nSPS) is 10.5. The van der Waals surface area contributed by atoms with E-state index in [1.165, 1.54) is 0 Å². The van der Waals surface area contributed by atoms with Crippen molar-refractivity contribution in [1.29, 1.82) is 0 Å². The van der Waals surface area contributed by atoms with E-state index in [1.54, 1.807) is 6.20 Å². The van der Waals surface area contributed by atoms with Crippen LogP contribution in [0.5, 0.6) is 0 Å². The molecule has 0 saturated heterocycles. The lowest BCUT2D eigenvalue weighted by atomic mass is 10.3. The van der Waals surface area contributed by atoms with Crippen LogP contribution < -0.4 is 0 Å².